The normalized spacial score (nSPS) is 16.5. The topological polar surface area (TPSA) is 108 Å². The summed E-state index contributed by atoms with van der Waals surface area (Å²) in [5, 5.41) is 13.8. The molecular weight excluding hydrogens is 504 g/mol. The number of nitrogens with one attached hydrogen (secondary N) is 1. The van der Waals surface area contributed by atoms with Crippen LogP contribution in [0.3, 0.4) is 0 Å². The van der Waals surface area contributed by atoms with Crippen molar-refractivity contribution in [2.45, 2.75) is 64.6 Å². The van der Waals surface area contributed by atoms with E-state index >= 15 is 0 Å². The number of unbranched alkanes of at least 4 members (excludes halogenated alkanes) is 2. The zero-order valence-electron chi connectivity index (χ0n) is 23.9. The SMILES string of the molecule is CCCCCN(O)C(=O)Nc1cc(C2CCC(c3cc(OC)c(OC)c(OC)c3)O2)cc(OC)c1OCCC. The van der Waals surface area contributed by atoms with Crippen molar-refractivity contribution in [1.82, 2.24) is 5.06 Å². The fourth-order valence-electron chi connectivity index (χ4n) is 4.61. The number of nitrogens with zero attached hydrogens (tertiary/aromatic N) is 1. The number of hydrogen-bond acceptors (Lipinski definition) is 8. The Morgan fingerprint density at radius 2 is 1.44 bits per heavy atom. The Kier molecular flexibility index (Phi) is 11.4. The molecular formula is C29H42N2O8. The zero-order valence-corrected chi connectivity index (χ0v) is 23.9. The van der Waals surface area contributed by atoms with Gasteiger partial charge in [-0.05, 0) is 61.1 Å². The first-order valence-electron chi connectivity index (χ1n) is 13.5. The fourth-order valence-corrected chi connectivity index (χ4v) is 4.61. The fraction of sp³-hybridized carbons (Fsp3) is 0.552. The van der Waals surface area contributed by atoms with Crippen molar-refractivity contribution in [2.75, 3.05) is 46.9 Å². The third-order valence-electron chi connectivity index (χ3n) is 6.65. The standard InChI is InChI=1S/C29H42N2O8/c1-7-9-10-13-31(33)29(32)30-21-15-19(16-24(34-3)27(21)38-14-8-2)22-11-12-23(39-22)20-17-25(35-4)28(37-6)26(18-20)36-5/h15-18,22-23,33H,7-14H2,1-6H3,(H,30,32). The van der Waals surface area contributed by atoms with Gasteiger partial charge in [-0.25, -0.2) is 9.86 Å². The number of carbonyl (C=O) groups is 1. The van der Waals surface area contributed by atoms with Crippen molar-refractivity contribution in [3.63, 3.8) is 0 Å². The summed E-state index contributed by atoms with van der Waals surface area (Å²) in [7, 11) is 6.30. The van der Waals surface area contributed by atoms with Crippen LogP contribution in [0.1, 0.15) is 75.7 Å². The Balaban J connectivity index is 1.88. The Morgan fingerprint density at radius 1 is 0.872 bits per heavy atom. The van der Waals surface area contributed by atoms with Gasteiger partial charge in [0.15, 0.2) is 23.0 Å². The number of hydrogen-bond donors (Lipinski definition) is 2. The summed E-state index contributed by atoms with van der Waals surface area (Å²) in [5.41, 5.74) is 2.16. The molecule has 39 heavy (non-hydrogen) atoms. The Morgan fingerprint density at radius 3 is 1.95 bits per heavy atom. The molecule has 0 saturated carbocycles. The Labute approximate surface area is 231 Å². The van der Waals surface area contributed by atoms with Crippen molar-refractivity contribution in [3.05, 3.63) is 35.4 Å². The van der Waals surface area contributed by atoms with E-state index < -0.39 is 6.03 Å². The highest BCUT2D eigenvalue weighted by molar-refractivity contribution is 5.91. The average Bonchev–Trinajstić information content (AvgIpc) is 3.45. The molecule has 10 heteroatoms. The minimum atomic E-state index is -0.630. The van der Waals surface area contributed by atoms with Crippen LogP contribution in [-0.4, -0.2) is 57.9 Å². The summed E-state index contributed by atoms with van der Waals surface area (Å²) in [5.74, 6) is 2.55. The first-order valence-corrected chi connectivity index (χ1v) is 13.5. The quantitative estimate of drug-likeness (QED) is 0.157. The van der Waals surface area contributed by atoms with Gasteiger partial charge in [0.1, 0.15) is 0 Å². The van der Waals surface area contributed by atoms with E-state index in [1.165, 1.54) is 0 Å². The molecule has 1 fully saturated rings. The number of urea groups is 1. The van der Waals surface area contributed by atoms with Gasteiger partial charge >= 0.3 is 6.03 Å². The lowest BCUT2D eigenvalue weighted by atomic mass is 10.0. The molecule has 2 atom stereocenters. The second-order valence-corrected chi connectivity index (χ2v) is 9.36. The van der Waals surface area contributed by atoms with Crippen LogP contribution in [0.5, 0.6) is 28.7 Å². The number of amides is 2. The van der Waals surface area contributed by atoms with Crippen LogP contribution in [0.25, 0.3) is 0 Å². The highest BCUT2D eigenvalue weighted by Gasteiger charge is 2.31. The third kappa shape index (κ3) is 7.39. The molecule has 0 aliphatic carbocycles. The van der Waals surface area contributed by atoms with Crippen molar-refractivity contribution < 1.29 is 38.4 Å². The van der Waals surface area contributed by atoms with Crippen molar-refractivity contribution in [1.29, 1.82) is 0 Å². The number of benzene rings is 2. The van der Waals surface area contributed by atoms with Gasteiger partial charge in [0.25, 0.3) is 0 Å². The molecule has 1 aliphatic heterocycles. The molecule has 0 radical (unpaired) electrons. The van der Waals surface area contributed by atoms with Crippen LogP contribution in [0, 0.1) is 0 Å². The molecule has 0 aromatic heterocycles. The monoisotopic (exact) mass is 546 g/mol. The van der Waals surface area contributed by atoms with Crippen LogP contribution in [0.2, 0.25) is 0 Å². The molecule has 1 saturated heterocycles. The molecule has 2 unspecified atom stereocenters. The third-order valence-corrected chi connectivity index (χ3v) is 6.65. The van der Waals surface area contributed by atoms with E-state index in [4.69, 9.17) is 28.4 Å². The van der Waals surface area contributed by atoms with E-state index in [0.29, 0.717) is 52.5 Å². The maximum Gasteiger partial charge on any atom is 0.345 e. The highest BCUT2D eigenvalue weighted by Crippen LogP contribution is 2.48. The number of ether oxygens (including phenoxy) is 6. The lowest BCUT2D eigenvalue weighted by Crippen LogP contribution is -2.33. The number of anilines is 1. The van der Waals surface area contributed by atoms with Crippen molar-refractivity contribution in [3.8, 4) is 28.7 Å². The van der Waals surface area contributed by atoms with Gasteiger partial charge in [-0.1, -0.05) is 26.7 Å². The van der Waals surface area contributed by atoms with E-state index in [1.807, 2.05) is 31.2 Å². The second kappa shape index (κ2) is 14.7. The molecule has 2 aromatic rings. The van der Waals surface area contributed by atoms with Gasteiger partial charge in [-0.15, -0.1) is 0 Å². The molecule has 216 valence electrons. The number of hydroxylamine groups is 2. The summed E-state index contributed by atoms with van der Waals surface area (Å²) >= 11 is 0. The van der Waals surface area contributed by atoms with Crippen LogP contribution in [0.15, 0.2) is 24.3 Å². The molecule has 1 aliphatic rings. The van der Waals surface area contributed by atoms with Crippen LogP contribution < -0.4 is 29.0 Å². The van der Waals surface area contributed by atoms with Gasteiger partial charge in [0.2, 0.25) is 5.75 Å². The predicted octanol–water partition coefficient (Wildman–Crippen LogP) is 6.52. The maximum absolute atomic E-state index is 12.8. The zero-order chi connectivity index (χ0) is 28.4. The number of methoxy groups -OCH3 is 4. The van der Waals surface area contributed by atoms with E-state index in [-0.39, 0.29) is 18.8 Å². The Bertz CT molecular complexity index is 1070. The molecule has 2 N–H and O–H groups in total. The van der Waals surface area contributed by atoms with Crippen LogP contribution >= 0.6 is 0 Å². The van der Waals surface area contributed by atoms with Crippen LogP contribution in [0.4, 0.5) is 10.5 Å². The lowest BCUT2D eigenvalue weighted by molar-refractivity contribution is -0.0381. The first kappa shape index (κ1) is 30.2. The van der Waals surface area contributed by atoms with Crippen molar-refractivity contribution >= 4 is 11.7 Å². The molecule has 2 amide bonds. The highest BCUT2D eigenvalue weighted by atomic mass is 16.5. The summed E-state index contributed by atoms with van der Waals surface area (Å²) in [6.07, 6.45) is 4.46. The van der Waals surface area contributed by atoms with E-state index in [2.05, 4.69) is 12.2 Å². The molecule has 2 aromatic carbocycles. The molecule has 1 heterocycles. The molecule has 10 nitrogen and oxygen atoms in total. The number of rotatable bonds is 14. The van der Waals surface area contributed by atoms with E-state index in [0.717, 1.165) is 43.2 Å². The van der Waals surface area contributed by atoms with Crippen molar-refractivity contribution in [2.24, 2.45) is 0 Å². The molecule has 3 rings (SSSR count). The Hall–Kier alpha value is -3.37. The lowest BCUT2D eigenvalue weighted by Gasteiger charge is -2.22. The van der Waals surface area contributed by atoms with E-state index in [1.54, 1.807) is 28.4 Å². The smallest absolute Gasteiger partial charge is 0.345 e. The minimum absolute atomic E-state index is 0.199. The van der Waals surface area contributed by atoms with Gasteiger partial charge < -0.3 is 33.7 Å². The van der Waals surface area contributed by atoms with E-state index in [9.17, 15) is 10.0 Å². The second-order valence-electron chi connectivity index (χ2n) is 9.36. The van der Waals surface area contributed by atoms with Crippen LogP contribution in [-0.2, 0) is 4.74 Å². The summed E-state index contributed by atoms with van der Waals surface area (Å²) in [6, 6.07) is 6.87. The van der Waals surface area contributed by atoms with Gasteiger partial charge in [-0.3, -0.25) is 5.21 Å². The number of carbonyl (C=O) groups excluding carboxylic acids is 1. The summed E-state index contributed by atoms with van der Waals surface area (Å²) in [4.78, 5) is 12.8. The molecule has 0 spiro atoms. The summed E-state index contributed by atoms with van der Waals surface area (Å²) < 4.78 is 34.5. The summed E-state index contributed by atoms with van der Waals surface area (Å²) in [6.45, 7) is 4.75. The maximum atomic E-state index is 12.8. The van der Waals surface area contributed by atoms with Gasteiger partial charge in [0, 0.05) is 0 Å². The average molecular weight is 547 g/mol. The molecule has 0 bridgehead atoms. The minimum Gasteiger partial charge on any atom is -0.493 e. The predicted molar refractivity (Wildman–Crippen MR) is 148 cm³/mol. The van der Waals surface area contributed by atoms with Gasteiger partial charge in [-0.2, -0.15) is 0 Å². The largest absolute Gasteiger partial charge is 0.493 e. The first-order chi connectivity index (χ1) is 18.9. The van der Waals surface area contributed by atoms with Gasteiger partial charge in [0.05, 0.1) is 59.5 Å².